The minimum absolute atomic E-state index is 0.00131. The number of carbonyl (C=O) groups is 2. The molecule has 0 fully saturated rings. The largest absolute Gasteiger partial charge is 0.454 e. The van der Waals surface area contributed by atoms with E-state index < -0.39 is 40.2 Å². The van der Waals surface area contributed by atoms with Gasteiger partial charge in [0, 0.05) is 31.1 Å². The summed E-state index contributed by atoms with van der Waals surface area (Å²) < 4.78 is 53.2. The summed E-state index contributed by atoms with van der Waals surface area (Å²) in [6.45, 7) is 4.92. The van der Waals surface area contributed by atoms with E-state index in [0.29, 0.717) is 18.0 Å². The number of ether oxygens (including phenoxy) is 2. The van der Waals surface area contributed by atoms with Crippen molar-refractivity contribution in [2.24, 2.45) is 5.92 Å². The summed E-state index contributed by atoms with van der Waals surface area (Å²) >= 11 is 0. The Labute approximate surface area is 246 Å². The van der Waals surface area contributed by atoms with Crippen molar-refractivity contribution >= 4 is 27.5 Å². The molecule has 42 heavy (non-hydrogen) atoms. The van der Waals surface area contributed by atoms with Crippen molar-refractivity contribution in [1.82, 2.24) is 10.2 Å². The molecule has 1 aliphatic heterocycles. The fraction of sp³-hybridized carbons (Fsp3) is 0.355. The number of nitrogens with zero attached hydrogens (tertiary/aromatic N) is 2. The van der Waals surface area contributed by atoms with Gasteiger partial charge in [0.15, 0.2) is 11.5 Å². The molecule has 11 heteroatoms. The number of hydrogen-bond acceptors (Lipinski definition) is 6. The second-order valence-electron chi connectivity index (χ2n) is 10.4. The van der Waals surface area contributed by atoms with Crippen LogP contribution in [0.5, 0.6) is 11.5 Å². The zero-order valence-corrected chi connectivity index (χ0v) is 24.8. The lowest BCUT2D eigenvalue weighted by Crippen LogP contribution is -2.54. The number of fused-ring (bicyclic) bond motifs is 1. The van der Waals surface area contributed by atoms with E-state index in [-0.39, 0.29) is 42.7 Å². The average Bonchev–Trinajstić information content (AvgIpc) is 3.45. The number of nitrogens with one attached hydrogen (secondary N) is 1. The van der Waals surface area contributed by atoms with Gasteiger partial charge in [0.1, 0.15) is 18.4 Å². The summed E-state index contributed by atoms with van der Waals surface area (Å²) in [4.78, 5) is 29.1. The standard InChI is InChI=1S/C31H36FN3O6S/c1-4-42(38,39)35(25-14-15-28-29(17-25)41-21-40-28)20-30(36)34(19-24-12-8-9-13-26(24)32)27(31(37)33-18-22(2)3)16-23-10-6-5-7-11-23/h5-15,17,22,27H,4,16,18-21H2,1-3H3,(H,33,37)/t27-/m0/s1. The van der Waals surface area contributed by atoms with Crippen LogP contribution < -0.4 is 19.1 Å². The van der Waals surface area contributed by atoms with Gasteiger partial charge in [-0.25, -0.2) is 12.8 Å². The van der Waals surface area contributed by atoms with E-state index in [9.17, 15) is 22.4 Å². The number of rotatable bonds is 13. The van der Waals surface area contributed by atoms with Crippen molar-refractivity contribution in [3.63, 3.8) is 0 Å². The smallest absolute Gasteiger partial charge is 0.244 e. The molecule has 0 unspecified atom stereocenters. The van der Waals surface area contributed by atoms with Crippen LogP contribution in [0, 0.1) is 11.7 Å². The average molecular weight is 598 g/mol. The van der Waals surface area contributed by atoms with Gasteiger partial charge in [-0.1, -0.05) is 62.4 Å². The molecule has 2 amide bonds. The van der Waals surface area contributed by atoms with E-state index in [0.717, 1.165) is 9.87 Å². The Morgan fingerprint density at radius 3 is 2.36 bits per heavy atom. The van der Waals surface area contributed by atoms with E-state index >= 15 is 0 Å². The molecular weight excluding hydrogens is 561 g/mol. The molecule has 0 saturated heterocycles. The first-order valence-corrected chi connectivity index (χ1v) is 15.4. The Kier molecular flexibility index (Phi) is 10.1. The molecule has 3 aromatic rings. The minimum Gasteiger partial charge on any atom is -0.454 e. The fourth-order valence-electron chi connectivity index (χ4n) is 4.55. The molecule has 1 N–H and O–H groups in total. The molecule has 0 saturated carbocycles. The molecular formula is C31H36FN3O6S. The summed E-state index contributed by atoms with van der Waals surface area (Å²) in [5.41, 5.74) is 1.21. The number of halogens is 1. The molecule has 9 nitrogen and oxygen atoms in total. The van der Waals surface area contributed by atoms with E-state index in [1.165, 1.54) is 36.1 Å². The summed E-state index contributed by atoms with van der Waals surface area (Å²) in [6, 6.07) is 18.8. The lowest BCUT2D eigenvalue weighted by Gasteiger charge is -2.34. The molecule has 1 aliphatic rings. The molecule has 0 radical (unpaired) electrons. The highest BCUT2D eigenvalue weighted by Gasteiger charge is 2.34. The number of anilines is 1. The van der Waals surface area contributed by atoms with Crippen LogP contribution >= 0.6 is 0 Å². The van der Waals surface area contributed by atoms with Crippen LogP contribution in [-0.2, 0) is 32.6 Å². The summed E-state index contributed by atoms with van der Waals surface area (Å²) in [6.07, 6.45) is 0.148. The number of sulfonamides is 1. The van der Waals surface area contributed by atoms with E-state index in [1.54, 1.807) is 18.2 Å². The number of amides is 2. The zero-order valence-electron chi connectivity index (χ0n) is 24.0. The normalized spacial score (nSPS) is 13.1. The van der Waals surface area contributed by atoms with Gasteiger partial charge in [-0.15, -0.1) is 0 Å². The highest BCUT2D eigenvalue weighted by molar-refractivity contribution is 7.92. The highest BCUT2D eigenvalue weighted by atomic mass is 32.2. The van der Waals surface area contributed by atoms with Crippen molar-refractivity contribution in [2.75, 3.05) is 29.9 Å². The van der Waals surface area contributed by atoms with E-state index in [4.69, 9.17) is 9.47 Å². The number of carbonyl (C=O) groups excluding carboxylic acids is 2. The molecule has 1 atom stereocenters. The van der Waals surface area contributed by atoms with E-state index in [1.807, 2.05) is 44.2 Å². The van der Waals surface area contributed by atoms with Crippen LogP contribution in [0.4, 0.5) is 10.1 Å². The third-order valence-electron chi connectivity index (χ3n) is 6.88. The van der Waals surface area contributed by atoms with Crippen LogP contribution in [0.15, 0.2) is 72.8 Å². The predicted octanol–water partition coefficient (Wildman–Crippen LogP) is 4.12. The number of benzene rings is 3. The zero-order chi connectivity index (χ0) is 30.3. The van der Waals surface area contributed by atoms with Crippen LogP contribution in [0.25, 0.3) is 0 Å². The molecule has 224 valence electrons. The lowest BCUT2D eigenvalue weighted by molar-refractivity contribution is -0.140. The highest BCUT2D eigenvalue weighted by Crippen LogP contribution is 2.36. The van der Waals surface area contributed by atoms with Gasteiger partial charge in [0.25, 0.3) is 0 Å². The summed E-state index contributed by atoms with van der Waals surface area (Å²) in [5.74, 6) is -0.911. The lowest BCUT2D eigenvalue weighted by atomic mass is 10.0. The monoisotopic (exact) mass is 597 g/mol. The third-order valence-corrected chi connectivity index (χ3v) is 8.62. The first kappa shape index (κ1) is 30.8. The number of hydrogen-bond donors (Lipinski definition) is 1. The first-order chi connectivity index (χ1) is 20.1. The maximum Gasteiger partial charge on any atom is 0.244 e. The molecule has 0 aliphatic carbocycles. The van der Waals surface area contributed by atoms with E-state index in [2.05, 4.69) is 5.32 Å². The van der Waals surface area contributed by atoms with Crippen LogP contribution in [-0.4, -0.2) is 56.8 Å². The maximum atomic E-state index is 14.9. The Balaban J connectivity index is 1.75. The van der Waals surface area contributed by atoms with Gasteiger partial charge in [-0.3, -0.25) is 13.9 Å². The fourth-order valence-corrected chi connectivity index (χ4v) is 5.60. The second kappa shape index (κ2) is 13.7. The van der Waals surface area contributed by atoms with Gasteiger partial charge in [-0.05, 0) is 36.6 Å². The Bertz CT molecular complexity index is 1500. The second-order valence-corrected chi connectivity index (χ2v) is 12.6. The van der Waals surface area contributed by atoms with Crippen LogP contribution in [0.3, 0.4) is 0 Å². The van der Waals surface area contributed by atoms with Gasteiger partial charge in [-0.2, -0.15) is 0 Å². The minimum atomic E-state index is -3.95. The Morgan fingerprint density at radius 2 is 1.67 bits per heavy atom. The van der Waals surface area contributed by atoms with Crippen molar-refractivity contribution in [2.45, 2.75) is 39.8 Å². The predicted molar refractivity (Wildman–Crippen MR) is 158 cm³/mol. The van der Waals surface area contributed by atoms with Gasteiger partial charge in [0.05, 0.1) is 11.4 Å². The SMILES string of the molecule is CCS(=O)(=O)N(CC(=O)N(Cc1ccccc1F)[C@@H](Cc1ccccc1)C(=O)NCC(C)C)c1ccc2c(c1)OCO2. The van der Waals surface area contributed by atoms with Crippen LogP contribution in [0.2, 0.25) is 0 Å². The summed E-state index contributed by atoms with van der Waals surface area (Å²) in [5, 5.41) is 2.90. The molecule has 1 heterocycles. The van der Waals surface area contributed by atoms with Crippen LogP contribution in [0.1, 0.15) is 31.9 Å². The molecule has 0 aromatic heterocycles. The molecule has 3 aromatic carbocycles. The molecule has 0 spiro atoms. The topological polar surface area (TPSA) is 105 Å². The van der Waals surface area contributed by atoms with Crippen molar-refractivity contribution in [3.8, 4) is 11.5 Å². The maximum absolute atomic E-state index is 14.9. The molecule has 4 rings (SSSR count). The quantitative estimate of drug-likeness (QED) is 0.318. The first-order valence-electron chi connectivity index (χ1n) is 13.8. The van der Waals surface area contributed by atoms with Crippen molar-refractivity contribution in [3.05, 3.63) is 89.7 Å². The summed E-state index contributed by atoms with van der Waals surface area (Å²) in [7, 11) is -3.95. The Morgan fingerprint density at radius 1 is 0.976 bits per heavy atom. The Hall–Kier alpha value is -4.12. The van der Waals surface area contributed by atoms with Gasteiger partial charge >= 0.3 is 0 Å². The van der Waals surface area contributed by atoms with Crippen molar-refractivity contribution in [1.29, 1.82) is 0 Å². The molecule has 0 bridgehead atoms. The third kappa shape index (κ3) is 7.58. The van der Waals surface area contributed by atoms with Gasteiger partial charge in [0.2, 0.25) is 28.6 Å². The van der Waals surface area contributed by atoms with Crippen molar-refractivity contribution < 1.29 is 31.9 Å². The van der Waals surface area contributed by atoms with Gasteiger partial charge < -0.3 is 19.7 Å².